The van der Waals surface area contributed by atoms with Crippen molar-refractivity contribution in [2.75, 3.05) is 34.3 Å². The zero-order valence-corrected chi connectivity index (χ0v) is 48.5. The van der Waals surface area contributed by atoms with Gasteiger partial charge in [0.25, 0.3) is 0 Å². The number of alkyl halides is 1. The molecule has 0 bridgehead atoms. The number of ether oxygens (including phenoxy) is 7. The van der Waals surface area contributed by atoms with Crippen molar-refractivity contribution in [1.29, 1.82) is 0 Å². The number of hydrogen-bond donors (Lipinski definition) is 4. The summed E-state index contributed by atoms with van der Waals surface area (Å²) < 4.78 is 61.5. The van der Waals surface area contributed by atoms with E-state index >= 15 is 4.39 Å². The molecule has 6 fully saturated rings. The lowest BCUT2D eigenvalue weighted by Crippen LogP contribution is -2.70. The number of fused-ring (bicyclic) bond motifs is 7. The Labute approximate surface area is 459 Å². The molecular weight excluding hydrogens is 1020 g/mol. The summed E-state index contributed by atoms with van der Waals surface area (Å²) >= 11 is 0. The molecule has 440 valence electrons. The van der Waals surface area contributed by atoms with Crippen molar-refractivity contribution >= 4 is 35.3 Å². The highest BCUT2D eigenvalue weighted by atomic mass is 19.1. The number of allylic oxidation sites excluding steroid dienone is 4. The molecule has 4 aliphatic carbocycles. The van der Waals surface area contributed by atoms with Crippen LogP contribution in [0.1, 0.15) is 141 Å². The van der Waals surface area contributed by atoms with E-state index in [2.05, 4.69) is 0 Å². The topological polar surface area (TPSA) is 254 Å². The van der Waals surface area contributed by atoms with Crippen molar-refractivity contribution in [2.45, 2.75) is 230 Å². The van der Waals surface area contributed by atoms with E-state index in [1.54, 1.807) is 68.8 Å². The van der Waals surface area contributed by atoms with Gasteiger partial charge in [0.05, 0.1) is 48.9 Å². The number of carbonyl (C=O) groups excluding carboxylic acids is 6. The van der Waals surface area contributed by atoms with Crippen LogP contribution in [0.3, 0.4) is 0 Å². The standard InChI is InChI=1S/C58H89FN2O17/c1-16-42-56(12,71)48(68)34(6)61(15)28-30(2)26-55(11,70)49(32(4)46(67)33(5)50(69)74-42)76-51-47(39(60(13)14)23-31(3)73-51)75-45(66)20-19-44(65)72-29-41(64)58-43(77-52(7,8)78-58)25-38-37-18-17-35-24-36(62)21-22-53(35,9)57(37,59)40(63)27-54(38,58)10/h21-22,24,30-34,37-40,42-43,47-49,51,63,68,70-71H,16-20,23,25-29H2,1-15H3/t30-,31-,32+,33?,34-,37+,38+,39?,40?,42-,43-,47-,48-,49-,51+,53+,54+,55-,56-,57+,58-/m1/s1. The van der Waals surface area contributed by atoms with Gasteiger partial charge in [-0.1, -0.05) is 39.3 Å². The number of rotatable bonds is 11. The molecule has 0 amide bonds. The second-order valence-electron chi connectivity index (χ2n) is 25.8. The lowest BCUT2D eigenvalue weighted by atomic mass is 9.44. The monoisotopic (exact) mass is 1100 g/mol. The van der Waals surface area contributed by atoms with Crippen LogP contribution in [-0.4, -0.2) is 189 Å². The number of aliphatic hydroxyl groups excluding tert-OH is 2. The first kappa shape index (κ1) is 62.0. The molecule has 4 N–H and O–H groups in total. The second kappa shape index (κ2) is 22.3. The zero-order chi connectivity index (χ0) is 58.2. The molecule has 0 aromatic carbocycles. The molecule has 20 heteroatoms. The smallest absolute Gasteiger partial charge is 0.316 e. The minimum atomic E-state index is -2.16. The molecule has 21 atom stereocenters. The predicted molar refractivity (Wildman–Crippen MR) is 280 cm³/mol. The highest BCUT2D eigenvalue weighted by molar-refractivity contribution is 6.01. The van der Waals surface area contributed by atoms with E-state index in [4.69, 9.17) is 33.2 Å². The normalized spacial score (nSPS) is 46.1. The van der Waals surface area contributed by atoms with Gasteiger partial charge in [0.2, 0.25) is 5.78 Å². The third-order valence-corrected chi connectivity index (χ3v) is 19.4. The Morgan fingerprint density at radius 3 is 2.22 bits per heavy atom. The molecule has 3 saturated carbocycles. The van der Waals surface area contributed by atoms with Crippen molar-refractivity contribution in [3.8, 4) is 0 Å². The zero-order valence-electron chi connectivity index (χ0n) is 48.5. The van der Waals surface area contributed by atoms with Crippen LogP contribution in [0.25, 0.3) is 0 Å². The number of ketones is 3. The number of carbonyl (C=O) groups is 6. The second-order valence-corrected chi connectivity index (χ2v) is 25.8. The van der Waals surface area contributed by atoms with Crippen molar-refractivity contribution in [2.24, 2.45) is 40.4 Å². The Kier molecular flexibility index (Phi) is 17.7. The minimum Gasteiger partial charge on any atom is -0.459 e. The number of halogens is 1. The van der Waals surface area contributed by atoms with Gasteiger partial charge >= 0.3 is 17.9 Å². The summed E-state index contributed by atoms with van der Waals surface area (Å²) in [7, 11) is 5.33. The average molecular weight is 1110 g/mol. The summed E-state index contributed by atoms with van der Waals surface area (Å²) in [4.78, 5) is 86.4. The van der Waals surface area contributed by atoms with Crippen LogP contribution in [0.15, 0.2) is 23.8 Å². The number of likely N-dealkylation sites (N-methyl/N-ethyl adjacent to an activating group) is 2. The van der Waals surface area contributed by atoms with Gasteiger partial charge in [-0.25, -0.2) is 4.39 Å². The summed E-state index contributed by atoms with van der Waals surface area (Å²) in [5.41, 5.74) is -9.37. The molecular formula is C58H89FN2O17. The Morgan fingerprint density at radius 2 is 1.58 bits per heavy atom. The van der Waals surface area contributed by atoms with E-state index in [9.17, 15) is 49.2 Å². The molecule has 3 unspecified atom stereocenters. The van der Waals surface area contributed by atoms with Crippen molar-refractivity contribution in [1.82, 2.24) is 9.80 Å². The summed E-state index contributed by atoms with van der Waals surface area (Å²) in [6, 6.07) is -1.16. The first-order chi connectivity index (χ1) is 36.0. The Morgan fingerprint density at radius 1 is 0.923 bits per heavy atom. The molecule has 19 nitrogen and oxygen atoms in total. The van der Waals surface area contributed by atoms with Crippen LogP contribution in [0.4, 0.5) is 4.39 Å². The molecule has 7 rings (SSSR count). The van der Waals surface area contributed by atoms with Gasteiger partial charge in [0.15, 0.2) is 47.6 Å². The molecule has 7 aliphatic rings. The lowest BCUT2D eigenvalue weighted by Gasteiger charge is -2.62. The van der Waals surface area contributed by atoms with E-state index in [1.165, 1.54) is 39.8 Å². The first-order valence-corrected chi connectivity index (χ1v) is 28.1. The minimum absolute atomic E-state index is 0.0585. The Balaban J connectivity index is 1.06. The van der Waals surface area contributed by atoms with E-state index in [-0.39, 0.29) is 37.4 Å². The van der Waals surface area contributed by atoms with Gasteiger partial charge < -0.3 is 63.4 Å². The number of nitrogens with zero attached hydrogens (tertiary/aromatic N) is 2. The van der Waals surface area contributed by atoms with E-state index < -0.39 is 173 Å². The largest absolute Gasteiger partial charge is 0.459 e. The number of cyclic esters (lactones) is 1. The maximum Gasteiger partial charge on any atom is 0.316 e. The molecule has 3 aliphatic heterocycles. The van der Waals surface area contributed by atoms with Crippen LogP contribution < -0.4 is 0 Å². The predicted octanol–water partition coefficient (Wildman–Crippen LogP) is 4.50. The number of aliphatic hydroxyl groups is 4. The van der Waals surface area contributed by atoms with Crippen molar-refractivity contribution in [3.63, 3.8) is 0 Å². The maximum absolute atomic E-state index is 18.0. The average Bonchev–Trinajstić information content (AvgIpc) is 3.77. The third-order valence-electron chi connectivity index (χ3n) is 19.4. The van der Waals surface area contributed by atoms with Crippen molar-refractivity contribution < 1.29 is 86.7 Å². The third kappa shape index (κ3) is 10.9. The van der Waals surface area contributed by atoms with Crippen LogP contribution in [0, 0.1) is 40.4 Å². The van der Waals surface area contributed by atoms with Gasteiger partial charge in [-0.3, -0.25) is 28.8 Å². The van der Waals surface area contributed by atoms with Gasteiger partial charge in [0, 0.05) is 35.3 Å². The first-order valence-electron chi connectivity index (χ1n) is 28.1. The van der Waals surface area contributed by atoms with Gasteiger partial charge in [-0.05, 0) is 145 Å². The SMILES string of the molecule is CC[C@H]1OC(=O)C(C)C(=O)[C@H](C)[C@@H](O[C@@H]2O[C@H](C)CC(N(C)C)[C@H]2OC(=O)CCC(=O)OCC(=O)[C@@]23OC(C)(C)O[C@@H]2C[C@H]2[C@@H]4CCC5=CC(=O)C=C[C@]5(C)[C@@]4(F)C(O)C[C@@]23C)[C@](C)(O)C[C@@H](C)CN(C)[C@H](C)[C@@H](O)[C@]1(C)O. The van der Waals surface area contributed by atoms with E-state index in [1.807, 2.05) is 23.6 Å². The molecule has 0 aromatic heterocycles. The summed E-state index contributed by atoms with van der Waals surface area (Å²) in [5, 5.41) is 47.5. The molecule has 0 aromatic rings. The fourth-order valence-electron chi connectivity index (χ4n) is 15.2. The van der Waals surface area contributed by atoms with E-state index in [0.717, 1.165) is 0 Å². The highest BCUT2D eigenvalue weighted by Crippen LogP contribution is 2.72. The fourth-order valence-corrected chi connectivity index (χ4v) is 15.2. The van der Waals surface area contributed by atoms with Crippen LogP contribution in [0.2, 0.25) is 0 Å². The van der Waals surface area contributed by atoms with Gasteiger partial charge in [-0.2, -0.15) is 0 Å². The van der Waals surface area contributed by atoms with Crippen molar-refractivity contribution in [3.05, 3.63) is 23.8 Å². The van der Waals surface area contributed by atoms with E-state index in [0.29, 0.717) is 31.4 Å². The summed E-state index contributed by atoms with van der Waals surface area (Å²) in [5.74, 6) is -9.52. The molecule has 0 radical (unpaired) electrons. The van der Waals surface area contributed by atoms with Crippen LogP contribution >= 0.6 is 0 Å². The summed E-state index contributed by atoms with van der Waals surface area (Å²) in [6.07, 6.45) is -4.59. The van der Waals surface area contributed by atoms with Gasteiger partial charge in [0.1, 0.15) is 23.7 Å². The fraction of sp³-hybridized carbons (Fsp3) is 0.828. The quantitative estimate of drug-likeness (QED) is 0.126. The van der Waals surface area contributed by atoms with Crippen LogP contribution in [-0.2, 0) is 61.9 Å². The molecule has 0 spiro atoms. The Hall–Kier alpha value is -3.57. The number of Topliss-reactive ketones (excluding diaryl/α,β-unsaturated/α-hetero) is 2. The number of hydrogen-bond acceptors (Lipinski definition) is 19. The van der Waals surface area contributed by atoms with Crippen LogP contribution in [0.5, 0.6) is 0 Å². The molecule has 78 heavy (non-hydrogen) atoms. The highest BCUT2D eigenvalue weighted by Gasteiger charge is 2.80. The maximum atomic E-state index is 18.0. The molecule has 3 heterocycles. The lowest BCUT2D eigenvalue weighted by molar-refractivity contribution is -0.296. The summed E-state index contributed by atoms with van der Waals surface area (Å²) in [6.45, 7) is 19.4. The number of esters is 3. The molecule has 3 saturated heterocycles. The van der Waals surface area contributed by atoms with Gasteiger partial charge in [-0.15, -0.1) is 0 Å². The Bertz CT molecular complexity index is 2370.